The van der Waals surface area contributed by atoms with Crippen molar-refractivity contribution in [2.75, 3.05) is 27.2 Å². The van der Waals surface area contributed by atoms with Crippen LogP contribution in [0.1, 0.15) is 22.6 Å². The van der Waals surface area contributed by atoms with Gasteiger partial charge in [-0.1, -0.05) is 30.3 Å². The monoisotopic (exact) mass is 283 g/mol. The third kappa shape index (κ3) is 2.74. The first-order valence-corrected chi connectivity index (χ1v) is 7.32. The molecule has 110 valence electrons. The molecule has 0 aliphatic carbocycles. The third-order valence-corrected chi connectivity index (χ3v) is 4.28. The van der Waals surface area contributed by atoms with Gasteiger partial charge >= 0.3 is 0 Å². The van der Waals surface area contributed by atoms with Gasteiger partial charge in [0.2, 0.25) is 0 Å². The van der Waals surface area contributed by atoms with Crippen molar-refractivity contribution in [3.05, 3.63) is 59.2 Å². The minimum absolute atomic E-state index is 0.229. The van der Waals surface area contributed by atoms with Gasteiger partial charge in [-0.05, 0) is 42.3 Å². The Kier molecular flexibility index (Phi) is 3.84. The molecular weight excluding hydrogens is 262 g/mol. The first-order valence-electron chi connectivity index (χ1n) is 7.32. The maximum absolute atomic E-state index is 10.0. The standard InChI is InChI=1S/C18H21NO2/c1-19-9-8-14-10-17(20)18(21-2)11-15(14)16(12-19)13-6-4-3-5-7-13/h3-7,10-11,16,20H,8-9,12H2,1-2H3/t16-/m1/s1. The Balaban J connectivity index is 2.12. The lowest BCUT2D eigenvalue weighted by atomic mass is 9.87. The van der Waals surface area contributed by atoms with E-state index in [1.165, 1.54) is 16.7 Å². The van der Waals surface area contributed by atoms with Gasteiger partial charge in [0.05, 0.1) is 7.11 Å². The lowest BCUT2D eigenvalue weighted by Gasteiger charge is -2.22. The number of aromatic hydroxyl groups is 1. The number of phenols is 1. The molecule has 3 nitrogen and oxygen atoms in total. The Morgan fingerprint density at radius 2 is 1.95 bits per heavy atom. The van der Waals surface area contributed by atoms with Crippen molar-refractivity contribution in [1.29, 1.82) is 0 Å². The Labute approximate surface area is 125 Å². The van der Waals surface area contributed by atoms with Gasteiger partial charge in [0.15, 0.2) is 11.5 Å². The van der Waals surface area contributed by atoms with Gasteiger partial charge < -0.3 is 14.7 Å². The number of methoxy groups -OCH3 is 1. The van der Waals surface area contributed by atoms with E-state index in [-0.39, 0.29) is 5.75 Å². The Morgan fingerprint density at radius 3 is 2.67 bits per heavy atom. The van der Waals surface area contributed by atoms with Crippen LogP contribution in [0.2, 0.25) is 0 Å². The number of hydrogen-bond donors (Lipinski definition) is 1. The van der Waals surface area contributed by atoms with Crippen LogP contribution in [0.4, 0.5) is 0 Å². The molecule has 1 heterocycles. The number of rotatable bonds is 2. The van der Waals surface area contributed by atoms with E-state index in [1.807, 2.05) is 18.2 Å². The SMILES string of the molecule is COc1cc2c(cc1O)CCN(C)C[C@@H]2c1ccccc1. The molecule has 2 aromatic rings. The second kappa shape index (κ2) is 5.78. The van der Waals surface area contributed by atoms with Crippen LogP contribution in [0.5, 0.6) is 11.5 Å². The van der Waals surface area contributed by atoms with E-state index in [9.17, 15) is 5.11 Å². The van der Waals surface area contributed by atoms with Gasteiger partial charge in [-0.15, -0.1) is 0 Å². The molecule has 0 unspecified atom stereocenters. The highest BCUT2D eigenvalue weighted by Crippen LogP contribution is 2.37. The highest BCUT2D eigenvalue weighted by atomic mass is 16.5. The molecule has 2 aromatic carbocycles. The van der Waals surface area contributed by atoms with Crippen molar-refractivity contribution in [3.63, 3.8) is 0 Å². The van der Waals surface area contributed by atoms with E-state index in [0.29, 0.717) is 11.7 Å². The fourth-order valence-electron chi connectivity index (χ4n) is 3.11. The number of fused-ring (bicyclic) bond motifs is 1. The maximum Gasteiger partial charge on any atom is 0.160 e. The highest BCUT2D eigenvalue weighted by molar-refractivity contribution is 5.50. The Morgan fingerprint density at radius 1 is 1.19 bits per heavy atom. The Hall–Kier alpha value is -2.00. The topological polar surface area (TPSA) is 32.7 Å². The van der Waals surface area contributed by atoms with Crippen LogP contribution in [0.15, 0.2) is 42.5 Å². The zero-order valence-electron chi connectivity index (χ0n) is 12.5. The van der Waals surface area contributed by atoms with Crippen LogP contribution in [0.25, 0.3) is 0 Å². The molecular formula is C18H21NO2. The number of ether oxygens (including phenoxy) is 1. The fraction of sp³-hybridized carbons (Fsp3) is 0.333. The fourth-order valence-corrected chi connectivity index (χ4v) is 3.11. The quantitative estimate of drug-likeness (QED) is 0.919. The molecule has 1 aliphatic heterocycles. The highest BCUT2D eigenvalue weighted by Gasteiger charge is 2.24. The van der Waals surface area contributed by atoms with E-state index >= 15 is 0 Å². The third-order valence-electron chi connectivity index (χ3n) is 4.28. The summed E-state index contributed by atoms with van der Waals surface area (Å²) < 4.78 is 5.30. The summed E-state index contributed by atoms with van der Waals surface area (Å²) in [4.78, 5) is 2.35. The molecule has 0 saturated heterocycles. The van der Waals surface area contributed by atoms with E-state index in [0.717, 1.165) is 19.5 Å². The zero-order valence-corrected chi connectivity index (χ0v) is 12.5. The predicted octanol–water partition coefficient (Wildman–Crippen LogP) is 3.02. The number of benzene rings is 2. The minimum atomic E-state index is 0.229. The summed E-state index contributed by atoms with van der Waals surface area (Å²) in [6.45, 7) is 1.98. The van der Waals surface area contributed by atoms with Gasteiger partial charge in [0.25, 0.3) is 0 Å². The molecule has 1 atom stereocenters. The summed E-state index contributed by atoms with van der Waals surface area (Å²) in [5, 5.41) is 10.0. The lowest BCUT2D eigenvalue weighted by Crippen LogP contribution is -2.24. The summed E-state index contributed by atoms with van der Waals surface area (Å²) in [6, 6.07) is 14.4. The largest absolute Gasteiger partial charge is 0.504 e. The molecule has 0 radical (unpaired) electrons. The van der Waals surface area contributed by atoms with Crippen molar-refractivity contribution < 1.29 is 9.84 Å². The summed E-state index contributed by atoms with van der Waals surface area (Å²) in [5.74, 6) is 1.09. The van der Waals surface area contributed by atoms with Crippen molar-refractivity contribution >= 4 is 0 Å². The molecule has 0 fully saturated rings. The first kappa shape index (κ1) is 14.0. The smallest absolute Gasteiger partial charge is 0.160 e. The van der Waals surface area contributed by atoms with Gasteiger partial charge in [0, 0.05) is 19.0 Å². The van der Waals surface area contributed by atoms with E-state index < -0.39 is 0 Å². The number of phenolic OH excluding ortho intramolecular Hbond substituents is 1. The summed E-state index contributed by atoms with van der Waals surface area (Å²) >= 11 is 0. The minimum Gasteiger partial charge on any atom is -0.504 e. The molecule has 1 N–H and O–H groups in total. The van der Waals surface area contributed by atoms with E-state index in [1.54, 1.807) is 7.11 Å². The van der Waals surface area contributed by atoms with E-state index in [2.05, 4.69) is 36.2 Å². The van der Waals surface area contributed by atoms with Crippen molar-refractivity contribution in [3.8, 4) is 11.5 Å². The molecule has 3 rings (SSSR count). The zero-order chi connectivity index (χ0) is 14.8. The van der Waals surface area contributed by atoms with Gasteiger partial charge in [-0.25, -0.2) is 0 Å². The Bertz CT molecular complexity index is 625. The summed E-state index contributed by atoms with van der Waals surface area (Å²) in [5.41, 5.74) is 3.78. The van der Waals surface area contributed by atoms with Crippen LogP contribution in [0.3, 0.4) is 0 Å². The molecule has 3 heteroatoms. The number of likely N-dealkylation sites (N-methyl/N-ethyl adjacent to an activating group) is 1. The molecule has 1 aliphatic rings. The van der Waals surface area contributed by atoms with Crippen LogP contribution in [-0.4, -0.2) is 37.3 Å². The lowest BCUT2D eigenvalue weighted by molar-refractivity contribution is 0.338. The molecule has 0 aromatic heterocycles. The molecule has 0 amide bonds. The van der Waals surface area contributed by atoms with Gasteiger partial charge in [-0.2, -0.15) is 0 Å². The number of hydrogen-bond acceptors (Lipinski definition) is 3. The maximum atomic E-state index is 10.0. The molecule has 0 saturated carbocycles. The average Bonchev–Trinajstić information content (AvgIpc) is 2.67. The molecule has 0 bridgehead atoms. The van der Waals surface area contributed by atoms with Crippen LogP contribution in [0, 0.1) is 0 Å². The average molecular weight is 283 g/mol. The second-order valence-electron chi connectivity index (χ2n) is 5.70. The molecule has 0 spiro atoms. The van der Waals surface area contributed by atoms with Crippen LogP contribution >= 0.6 is 0 Å². The van der Waals surface area contributed by atoms with Gasteiger partial charge in [0.1, 0.15) is 0 Å². The second-order valence-corrected chi connectivity index (χ2v) is 5.70. The van der Waals surface area contributed by atoms with Crippen LogP contribution < -0.4 is 4.74 Å². The normalized spacial score (nSPS) is 18.9. The van der Waals surface area contributed by atoms with Crippen molar-refractivity contribution in [2.45, 2.75) is 12.3 Å². The summed E-state index contributed by atoms with van der Waals surface area (Å²) in [6.07, 6.45) is 0.951. The number of nitrogens with zero attached hydrogens (tertiary/aromatic N) is 1. The van der Waals surface area contributed by atoms with Crippen molar-refractivity contribution in [1.82, 2.24) is 4.90 Å². The molecule has 21 heavy (non-hydrogen) atoms. The predicted molar refractivity (Wildman–Crippen MR) is 84.1 cm³/mol. The van der Waals surface area contributed by atoms with Crippen molar-refractivity contribution in [2.24, 2.45) is 0 Å². The van der Waals surface area contributed by atoms with E-state index in [4.69, 9.17) is 4.74 Å². The van der Waals surface area contributed by atoms with Crippen LogP contribution in [-0.2, 0) is 6.42 Å². The first-order chi connectivity index (χ1) is 10.2. The van der Waals surface area contributed by atoms with Gasteiger partial charge in [-0.3, -0.25) is 0 Å². The summed E-state index contributed by atoms with van der Waals surface area (Å²) in [7, 11) is 3.75.